The number of methoxy groups -OCH3 is 3. The molecule has 570 valence electrons. The molecule has 23 heteroatoms. The second-order valence-corrected chi connectivity index (χ2v) is 30.5. The number of aryl methyl sites for hydroxylation is 3. The van der Waals surface area contributed by atoms with E-state index < -0.39 is 46.7 Å². The number of likely N-dealkylation sites (N-methyl/N-ethyl adjacent to an activating group) is 1. The summed E-state index contributed by atoms with van der Waals surface area (Å²) in [4.78, 5) is 96.5. The molecule has 3 aliphatic rings. The number of Topliss-reactive ketones (excluding diaryl/α,β-unsaturated/α-hetero) is 1. The third-order valence-corrected chi connectivity index (χ3v) is 18.5. The lowest BCUT2D eigenvalue weighted by Crippen LogP contribution is -2.50. The van der Waals surface area contributed by atoms with Crippen LogP contribution in [0.4, 0.5) is 14.4 Å². The summed E-state index contributed by atoms with van der Waals surface area (Å²) < 4.78 is 56.7. The van der Waals surface area contributed by atoms with Crippen molar-refractivity contribution in [2.24, 2.45) is 17.8 Å². The maximum absolute atomic E-state index is 13.3. The summed E-state index contributed by atoms with van der Waals surface area (Å²) in [6.45, 7) is 37.0. The van der Waals surface area contributed by atoms with Gasteiger partial charge in [0.15, 0.2) is 17.0 Å². The van der Waals surface area contributed by atoms with Crippen LogP contribution >= 0.6 is 0 Å². The Labute approximate surface area is 620 Å². The molecule has 0 saturated heterocycles. The number of pyridine rings is 3. The molecule has 6 aromatic rings. The minimum atomic E-state index is -1.41. The zero-order valence-corrected chi connectivity index (χ0v) is 66.2. The Bertz CT molecular complexity index is 4060. The van der Waals surface area contributed by atoms with E-state index in [9.17, 15) is 28.8 Å². The van der Waals surface area contributed by atoms with Gasteiger partial charge in [0.25, 0.3) is 5.91 Å². The predicted molar refractivity (Wildman–Crippen MR) is 400 cm³/mol. The second kappa shape index (κ2) is 34.9. The van der Waals surface area contributed by atoms with Crippen LogP contribution in [0.1, 0.15) is 196 Å². The molecule has 0 spiro atoms. The van der Waals surface area contributed by atoms with Gasteiger partial charge >= 0.3 is 24.2 Å². The van der Waals surface area contributed by atoms with Crippen molar-refractivity contribution >= 4 is 35.9 Å². The first-order chi connectivity index (χ1) is 49.2. The van der Waals surface area contributed by atoms with E-state index in [4.69, 9.17) is 47.4 Å². The molecule has 3 atom stereocenters. The molecule has 23 nitrogen and oxygen atoms in total. The number of rotatable bonds is 21. The molecule has 6 heterocycles. The number of ether oxygens (including phenoxy) is 10. The molecule has 3 aromatic heterocycles. The Balaban J connectivity index is 0.000000220. The fraction of sp³-hybridized carbons (Fsp3) is 0.524. The van der Waals surface area contributed by atoms with E-state index in [1.807, 2.05) is 112 Å². The Morgan fingerprint density at radius 2 is 0.733 bits per heavy atom. The number of esters is 1. The third kappa shape index (κ3) is 21.3. The van der Waals surface area contributed by atoms with Gasteiger partial charge < -0.3 is 67.0 Å². The Hall–Kier alpha value is -9.67. The zero-order chi connectivity index (χ0) is 77.8. The van der Waals surface area contributed by atoms with Crippen LogP contribution in [0.5, 0.6) is 34.5 Å². The van der Waals surface area contributed by atoms with E-state index in [1.54, 1.807) is 112 Å². The number of hydrogen-bond donors (Lipinski definition) is 0. The van der Waals surface area contributed by atoms with Crippen molar-refractivity contribution in [1.29, 1.82) is 0 Å². The second-order valence-electron chi connectivity index (χ2n) is 30.5. The van der Waals surface area contributed by atoms with Crippen LogP contribution in [0.15, 0.2) is 91.0 Å². The first kappa shape index (κ1) is 82.6. The van der Waals surface area contributed by atoms with E-state index >= 15 is 0 Å². The molecule has 0 bridgehead atoms. The van der Waals surface area contributed by atoms with E-state index in [0.717, 1.165) is 84.8 Å². The van der Waals surface area contributed by atoms with Gasteiger partial charge in [-0.3, -0.25) is 24.5 Å². The molecule has 9 rings (SSSR count). The van der Waals surface area contributed by atoms with E-state index in [-0.39, 0.29) is 54.2 Å². The molecule has 0 unspecified atom stereocenters. The Morgan fingerprint density at radius 1 is 0.438 bits per heavy atom. The van der Waals surface area contributed by atoms with Gasteiger partial charge in [0, 0.05) is 50.8 Å². The molecule has 3 aliphatic heterocycles. The van der Waals surface area contributed by atoms with Crippen molar-refractivity contribution in [3.8, 4) is 34.5 Å². The van der Waals surface area contributed by atoms with Gasteiger partial charge in [-0.25, -0.2) is 19.2 Å². The van der Waals surface area contributed by atoms with E-state index in [2.05, 4.69) is 56.5 Å². The third-order valence-electron chi connectivity index (χ3n) is 18.5. The quantitative estimate of drug-likeness (QED) is 0.0480. The SMILES string of the molecule is COc1ccc(C)nc1COc1ccc2c(c1)CCN(C(=O)OC(C)(C)C(=O)N(C)C)[C@H]2C(C)C.COc1ccc(C)nc1COc1ccc2c(c1)CCN(C(=O)OC(C)(C)C(=O)OC(C)(C)C)[C@H]2C(C)C.COc1ccc(C)nc1COc1ccc2c(c1)CCN(C(=O)OC(C)(C)C(C)=O)[C@H]2C(C)C. The molecule has 3 aromatic carbocycles. The van der Waals surface area contributed by atoms with Crippen LogP contribution in [0.2, 0.25) is 0 Å². The lowest BCUT2D eigenvalue weighted by Gasteiger charge is -2.40. The molecule has 105 heavy (non-hydrogen) atoms. The van der Waals surface area contributed by atoms with Crippen molar-refractivity contribution in [3.63, 3.8) is 0 Å². The lowest BCUT2D eigenvalue weighted by molar-refractivity contribution is -0.174. The summed E-state index contributed by atoms with van der Waals surface area (Å²) >= 11 is 0. The maximum Gasteiger partial charge on any atom is 0.411 e. The Morgan fingerprint density at radius 3 is 1.00 bits per heavy atom. The predicted octanol–water partition coefficient (Wildman–Crippen LogP) is 15.4. The molecule has 0 saturated carbocycles. The summed E-state index contributed by atoms with van der Waals surface area (Å²) in [5.41, 5.74) is 7.04. The van der Waals surface area contributed by atoms with Gasteiger partial charge in [0.2, 0.25) is 5.60 Å². The van der Waals surface area contributed by atoms with Crippen LogP contribution in [0.3, 0.4) is 0 Å². The zero-order valence-electron chi connectivity index (χ0n) is 66.2. The highest BCUT2D eigenvalue weighted by Gasteiger charge is 2.44. The molecule has 0 radical (unpaired) electrons. The van der Waals surface area contributed by atoms with Gasteiger partial charge in [0.1, 0.15) is 77.0 Å². The number of carbonyl (C=O) groups is 6. The van der Waals surface area contributed by atoms with Crippen LogP contribution in [-0.2, 0) is 72.4 Å². The average Bonchev–Trinajstić information content (AvgIpc) is 0.786. The molecular formula is C82H111N7O16. The van der Waals surface area contributed by atoms with Gasteiger partial charge in [-0.2, -0.15) is 0 Å². The molecule has 0 N–H and O–H groups in total. The fourth-order valence-electron chi connectivity index (χ4n) is 13.0. The van der Waals surface area contributed by atoms with Gasteiger partial charge in [0.05, 0.1) is 39.5 Å². The largest absolute Gasteiger partial charge is 0.495 e. The van der Waals surface area contributed by atoms with Crippen LogP contribution < -0.4 is 28.4 Å². The number of hydrogen-bond acceptors (Lipinski definition) is 19. The first-order valence-electron chi connectivity index (χ1n) is 35.9. The number of benzene rings is 3. The lowest BCUT2D eigenvalue weighted by atomic mass is 9.86. The smallest absolute Gasteiger partial charge is 0.411 e. The monoisotopic (exact) mass is 1450 g/mol. The number of nitrogens with zero attached hydrogens (tertiary/aromatic N) is 7. The standard InChI is InChI=1S/C29H40N2O6.C27H37N3O5.C26H34N2O5/c1-18(2)25-22-12-11-21(35-17-23-24(34-9)13-10-19(3)30-23)16-20(22)14-15-31(25)27(33)37-29(7,8)26(32)36-28(4,5)6;1-17(2)24-21-11-10-20(34-16-22-23(33-8)12-9-18(3)28-22)15-19(21)13-14-30(24)26(32)35-27(4,5)25(31)29(6)7;1-16(2)24-21-10-9-20(32-15-22-23(31-7)11-8-17(3)27-22)14-19(21)12-13-28(24)25(30)33-26(5,6)18(4)29/h10-13,16,18,25H,14-15,17H2,1-9H3;9-12,15,17,24H,13-14,16H2,1-8H3;8-11,14,16,24H,12-13,15H2,1-7H3/t25-;2*24-/m000/s1. The average molecular weight is 1450 g/mol. The number of ketones is 1. The Kier molecular flexibility index (Phi) is 27.5. The molecule has 4 amide bonds. The molecule has 0 fully saturated rings. The topological polar surface area (TPSA) is 246 Å². The molecular weight excluding hydrogens is 1340 g/mol. The minimum Gasteiger partial charge on any atom is -0.495 e. The highest BCUT2D eigenvalue weighted by atomic mass is 16.6. The number of fused-ring (bicyclic) bond motifs is 3. The summed E-state index contributed by atoms with van der Waals surface area (Å²) in [6.07, 6.45) is 0.517. The number of amides is 4. The van der Waals surface area contributed by atoms with Gasteiger partial charge in [-0.1, -0.05) is 59.7 Å². The summed E-state index contributed by atoms with van der Waals surface area (Å²) in [6, 6.07) is 28.8. The van der Waals surface area contributed by atoms with Gasteiger partial charge in [-0.05, 0) is 233 Å². The fourth-order valence-corrected chi connectivity index (χ4v) is 13.0. The highest BCUT2D eigenvalue weighted by molar-refractivity contribution is 5.87. The van der Waals surface area contributed by atoms with Crippen molar-refractivity contribution in [1.82, 2.24) is 34.6 Å². The van der Waals surface area contributed by atoms with Crippen molar-refractivity contribution in [2.45, 2.75) is 211 Å². The van der Waals surface area contributed by atoms with E-state index in [1.165, 1.54) is 11.8 Å². The summed E-state index contributed by atoms with van der Waals surface area (Å²) in [5, 5.41) is 0. The number of aromatic nitrogens is 3. The maximum atomic E-state index is 13.3. The highest BCUT2D eigenvalue weighted by Crippen LogP contribution is 2.42. The van der Waals surface area contributed by atoms with Crippen molar-refractivity contribution < 1.29 is 76.1 Å². The summed E-state index contributed by atoms with van der Waals surface area (Å²) in [5.74, 6) is 3.73. The minimum absolute atomic E-state index is 0.128. The van der Waals surface area contributed by atoms with E-state index in [0.29, 0.717) is 69.4 Å². The normalized spacial score (nSPS) is 15.6. The number of carbonyl (C=O) groups excluding carboxylic acids is 6. The molecule has 0 aliphatic carbocycles. The summed E-state index contributed by atoms with van der Waals surface area (Å²) in [7, 11) is 8.16. The van der Waals surface area contributed by atoms with Crippen molar-refractivity contribution in [3.05, 3.63) is 159 Å². The van der Waals surface area contributed by atoms with Gasteiger partial charge in [-0.15, -0.1) is 0 Å². The van der Waals surface area contributed by atoms with Crippen LogP contribution in [0, 0.1) is 38.5 Å². The van der Waals surface area contributed by atoms with Crippen molar-refractivity contribution in [2.75, 3.05) is 55.1 Å². The first-order valence-corrected chi connectivity index (χ1v) is 35.9. The van der Waals surface area contributed by atoms with Crippen LogP contribution in [-0.4, -0.2) is 148 Å². The van der Waals surface area contributed by atoms with Crippen LogP contribution in [0.25, 0.3) is 0 Å².